The zero-order chi connectivity index (χ0) is 18.0. The first kappa shape index (κ1) is 18.5. The van der Waals surface area contributed by atoms with Crippen molar-refractivity contribution < 1.29 is 9.90 Å². The normalized spacial score (nSPS) is 25.0. The highest BCUT2D eigenvalue weighted by molar-refractivity contribution is 6.34. The Morgan fingerprint density at radius 1 is 1.16 bits per heavy atom. The van der Waals surface area contributed by atoms with Crippen LogP contribution < -0.4 is 5.32 Å². The van der Waals surface area contributed by atoms with Crippen LogP contribution in [0.4, 0.5) is 10.5 Å². The van der Waals surface area contributed by atoms with E-state index in [1.54, 1.807) is 0 Å². The Morgan fingerprint density at radius 2 is 1.84 bits per heavy atom. The molecule has 2 atom stereocenters. The van der Waals surface area contributed by atoms with Gasteiger partial charge in [0.15, 0.2) is 0 Å². The highest BCUT2D eigenvalue weighted by Crippen LogP contribution is 2.28. The predicted octanol–water partition coefficient (Wildman–Crippen LogP) is 3.41. The van der Waals surface area contributed by atoms with E-state index in [2.05, 4.69) is 10.2 Å². The average Bonchev–Trinajstić information content (AvgIpc) is 2.58. The number of amides is 2. The summed E-state index contributed by atoms with van der Waals surface area (Å²) in [6.07, 6.45) is 4.05. The van der Waals surface area contributed by atoms with Crippen LogP contribution in [-0.4, -0.2) is 59.3 Å². The van der Waals surface area contributed by atoms with Crippen molar-refractivity contribution in [3.63, 3.8) is 0 Å². The molecule has 3 rings (SSSR count). The van der Waals surface area contributed by atoms with E-state index in [4.69, 9.17) is 11.6 Å². The van der Waals surface area contributed by atoms with Gasteiger partial charge < -0.3 is 15.3 Å². The van der Waals surface area contributed by atoms with Crippen LogP contribution in [0.2, 0.25) is 5.02 Å². The van der Waals surface area contributed by atoms with Crippen molar-refractivity contribution in [2.24, 2.45) is 0 Å². The molecule has 5 nitrogen and oxygen atoms in total. The Bertz CT molecular complexity index is 606. The quantitative estimate of drug-likeness (QED) is 0.844. The summed E-state index contributed by atoms with van der Waals surface area (Å²) < 4.78 is 0. The number of hydrogen-bond acceptors (Lipinski definition) is 3. The molecule has 0 radical (unpaired) electrons. The van der Waals surface area contributed by atoms with Crippen LogP contribution in [0.3, 0.4) is 0 Å². The van der Waals surface area contributed by atoms with Crippen LogP contribution >= 0.6 is 11.6 Å². The maximum atomic E-state index is 12.6. The maximum absolute atomic E-state index is 12.6. The SMILES string of the molecule is Cc1cc(C)c(NC(=O)N2CCN([C@H]3CCCC[C@@H]3O)CC2)c(Cl)c1. The van der Waals surface area contributed by atoms with Crippen LogP contribution in [-0.2, 0) is 0 Å². The Labute approximate surface area is 154 Å². The van der Waals surface area contributed by atoms with Crippen molar-refractivity contribution in [2.45, 2.75) is 51.7 Å². The Balaban J connectivity index is 1.57. The highest BCUT2D eigenvalue weighted by Gasteiger charge is 2.32. The largest absolute Gasteiger partial charge is 0.391 e. The topological polar surface area (TPSA) is 55.8 Å². The Morgan fingerprint density at radius 3 is 2.48 bits per heavy atom. The summed E-state index contributed by atoms with van der Waals surface area (Å²) in [5, 5.41) is 13.8. The zero-order valence-corrected chi connectivity index (χ0v) is 15.9. The molecule has 2 amide bonds. The zero-order valence-electron chi connectivity index (χ0n) is 15.1. The van der Waals surface area contributed by atoms with E-state index in [1.807, 2.05) is 30.9 Å². The minimum Gasteiger partial charge on any atom is -0.391 e. The number of piperazine rings is 1. The van der Waals surface area contributed by atoms with E-state index < -0.39 is 0 Å². The van der Waals surface area contributed by atoms with Crippen LogP contribution in [0, 0.1) is 13.8 Å². The molecular weight excluding hydrogens is 338 g/mol. The van der Waals surface area contributed by atoms with Crippen molar-refractivity contribution >= 4 is 23.3 Å². The third kappa shape index (κ3) is 4.27. The van der Waals surface area contributed by atoms with E-state index in [9.17, 15) is 9.90 Å². The molecule has 2 N–H and O–H groups in total. The number of hydrogen-bond donors (Lipinski definition) is 2. The lowest BCUT2D eigenvalue weighted by Crippen LogP contribution is -2.56. The molecule has 0 bridgehead atoms. The van der Waals surface area contributed by atoms with Gasteiger partial charge in [-0.05, 0) is 43.9 Å². The van der Waals surface area contributed by atoms with Gasteiger partial charge in [0.1, 0.15) is 0 Å². The molecule has 1 aliphatic carbocycles. The fourth-order valence-corrected chi connectivity index (χ4v) is 4.40. The molecule has 1 saturated carbocycles. The van der Waals surface area contributed by atoms with Crippen molar-refractivity contribution in [1.82, 2.24) is 9.80 Å². The minimum absolute atomic E-state index is 0.0994. The van der Waals surface area contributed by atoms with E-state index in [-0.39, 0.29) is 18.2 Å². The standard InChI is InChI=1S/C19H28ClN3O2/c1-13-11-14(2)18(15(20)12-13)21-19(25)23-9-7-22(8-10-23)16-5-3-4-6-17(16)24/h11-12,16-17,24H,3-10H2,1-2H3,(H,21,25)/t16-,17-/m0/s1. The van der Waals surface area contributed by atoms with Gasteiger partial charge in [0.05, 0.1) is 16.8 Å². The van der Waals surface area contributed by atoms with Gasteiger partial charge in [-0.2, -0.15) is 0 Å². The molecule has 0 aromatic heterocycles. The molecule has 0 unspecified atom stereocenters. The number of benzene rings is 1. The summed E-state index contributed by atoms with van der Waals surface area (Å²) >= 11 is 6.29. The van der Waals surface area contributed by atoms with Crippen molar-refractivity contribution in [3.05, 3.63) is 28.3 Å². The second kappa shape index (κ2) is 7.94. The molecule has 138 valence electrons. The molecule has 6 heteroatoms. The lowest BCUT2D eigenvalue weighted by molar-refractivity contribution is 0.00275. The summed E-state index contributed by atoms with van der Waals surface area (Å²) in [5.74, 6) is 0. The minimum atomic E-state index is -0.219. The number of aliphatic hydroxyl groups is 1. The third-order valence-corrected chi connectivity index (χ3v) is 5.73. The Kier molecular flexibility index (Phi) is 5.87. The van der Waals surface area contributed by atoms with Gasteiger partial charge >= 0.3 is 6.03 Å². The first-order valence-corrected chi connectivity index (χ1v) is 9.58. The second-order valence-electron chi connectivity index (χ2n) is 7.31. The number of urea groups is 1. The highest BCUT2D eigenvalue weighted by atomic mass is 35.5. The van der Waals surface area contributed by atoms with Crippen molar-refractivity contribution in [3.8, 4) is 0 Å². The van der Waals surface area contributed by atoms with Gasteiger partial charge in [-0.3, -0.25) is 4.90 Å². The maximum Gasteiger partial charge on any atom is 0.321 e. The molecule has 1 aromatic carbocycles. The number of aryl methyl sites for hydroxylation is 2. The first-order valence-electron chi connectivity index (χ1n) is 9.20. The molecule has 2 fully saturated rings. The summed E-state index contributed by atoms with van der Waals surface area (Å²) in [4.78, 5) is 16.8. The van der Waals surface area contributed by atoms with Crippen LogP contribution in [0.5, 0.6) is 0 Å². The smallest absolute Gasteiger partial charge is 0.321 e. The number of carbonyl (C=O) groups excluding carboxylic acids is 1. The van der Waals surface area contributed by atoms with Crippen LogP contribution in [0.1, 0.15) is 36.8 Å². The number of carbonyl (C=O) groups is 1. The number of halogens is 1. The second-order valence-corrected chi connectivity index (χ2v) is 7.72. The molecule has 2 aliphatic rings. The van der Waals surface area contributed by atoms with E-state index in [1.165, 1.54) is 6.42 Å². The molecule has 0 spiro atoms. The van der Waals surface area contributed by atoms with Gasteiger partial charge in [0.2, 0.25) is 0 Å². The molecule has 1 heterocycles. The number of rotatable bonds is 2. The first-order chi connectivity index (χ1) is 12.0. The predicted molar refractivity (Wildman–Crippen MR) is 101 cm³/mol. The van der Waals surface area contributed by atoms with Crippen molar-refractivity contribution in [2.75, 3.05) is 31.5 Å². The number of nitrogens with one attached hydrogen (secondary N) is 1. The number of nitrogens with zero attached hydrogens (tertiary/aromatic N) is 2. The Hall–Kier alpha value is -1.30. The van der Waals surface area contributed by atoms with Gasteiger partial charge in [-0.1, -0.05) is 30.5 Å². The fraction of sp³-hybridized carbons (Fsp3) is 0.632. The fourth-order valence-electron chi connectivity index (χ4n) is 4.03. The summed E-state index contributed by atoms with van der Waals surface area (Å²) in [7, 11) is 0. The molecule has 25 heavy (non-hydrogen) atoms. The van der Waals surface area contributed by atoms with E-state index in [0.29, 0.717) is 23.8 Å². The summed E-state index contributed by atoms with van der Waals surface area (Å²) in [6.45, 7) is 6.93. The van der Waals surface area contributed by atoms with Gasteiger partial charge in [0.25, 0.3) is 0 Å². The van der Waals surface area contributed by atoms with E-state index >= 15 is 0 Å². The van der Waals surface area contributed by atoms with Gasteiger partial charge in [0, 0.05) is 32.2 Å². The van der Waals surface area contributed by atoms with Crippen LogP contribution in [0.25, 0.3) is 0 Å². The summed E-state index contributed by atoms with van der Waals surface area (Å²) in [5.41, 5.74) is 2.75. The number of aliphatic hydroxyl groups excluding tert-OH is 1. The van der Waals surface area contributed by atoms with Gasteiger partial charge in [-0.25, -0.2) is 4.79 Å². The third-order valence-electron chi connectivity index (χ3n) is 5.43. The molecule has 1 aromatic rings. The summed E-state index contributed by atoms with van der Waals surface area (Å²) in [6, 6.07) is 4.04. The lowest BCUT2D eigenvalue weighted by atomic mass is 9.91. The van der Waals surface area contributed by atoms with E-state index in [0.717, 1.165) is 43.5 Å². The lowest BCUT2D eigenvalue weighted by Gasteiger charge is -2.42. The van der Waals surface area contributed by atoms with Crippen LogP contribution in [0.15, 0.2) is 12.1 Å². The van der Waals surface area contributed by atoms with Crippen molar-refractivity contribution in [1.29, 1.82) is 0 Å². The average molecular weight is 366 g/mol. The van der Waals surface area contributed by atoms with Gasteiger partial charge in [-0.15, -0.1) is 0 Å². The number of anilines is 1. The molecule has 1 saturated heterocycles. The molecular formula is C19H28ClN3O2. The monoisotopic (exact) mass is 365 g/mol. The molecule has 1 aliphatic heterocycles.